The van der Waals surface area contributed by atoms with Crippen molar-refractivity contribution < 1.29 is 4.39 Å². The van der Waals surface area contributed by atoms with Crippen LogP contribution in [-0.2, 0) is 6.54 Å². The van der Waals surface area contributed by atoms with Gasteiger partial charge in [-0.3, -0.25) is 0 Å². The molecular weight excluding hydrogens is 227 g/mol. The molecule has 0 amide bonds. The lowest BCUT2D eigenvalue weighted by Gasteiger charge is -2.20. The Morgan fingerprint density at radius 1 is 1.44 bits per heavy atom. The van der Waals surface area contributed by atoms with E-state index in [9.17, 15) is 4.39 Å². The number of nitrogens with zero attached hydrogens (tertiary/aromatic N) is 1. The lowest BCUT2D eigenvalue weighted by atomic mass is 10.2. The van der Waals surface area contributed by atoms with Gasteiger partial charge in [0, 0.05) is 19.1 Å². The maximum absolute atomic E-state index is 13.1. The summed E-state index contributed by atoms with van der Waals surface area (Å²) >= 11 is 5.85. The molecule has 1 atom stereocenters. The van der Waals surface area contributed by atoms with Crippen molar-refractivity contribution in [1.82, 2.24) is 10.2 Å². The van der Waals surface area contributed by atoms with E-state index in [0.29, 0.717) is 12.6 Å². The fraction of sp³-hybridized carbons (Fsp3) is 0.500. The first-order valence-electron chi connectivity index (χ1n) is 5.32. The molecule has 0 fully saturated rings. The predicted octanol–water partition coefficient (Wildman–Crippen LogP) is 2.52. The Bertz CT molecular complexity index is 342. The Morgan fingerprint density at radius 2 is 2.12 bits per heavy atom. The largest absolute Gasteiger partial charge is 0.311 e. The third-order valence-corrected chi connectivity index (χ3v) is 3.09. The van der Waals surface area contributed by atoms with E-state index in [-0.39, 0.29) is 10.8 Å². The summed E-state index contributed by atoms with van der Waals surface area (Å²) in [5.74, 6) is -0.360. The average Bonchev–Trinajstić information content (AvgIpc) is 2.24. The Hall–Kier alpha value is -0.640. The summed E-state index contributed by atoms with van der Waals surface area (Å²) in [5, 5.41) is 3.47. The van der Waals surface area contributed by atoms with Crippen LogP contribution in [0.3, 0.4) is 0 Å². The van der Waals surface area contributed by atoms with Crippen molar-refractivity contribution in [2.75, 3.05) is 20.6 Å². The molecule has 2 nitrogen and oxygen atoms in total. The predicted molar refractivity (Wildman–Crippen MR) is 66.3 cm³/mol. The van der Waals surface area contributed by atoms with E-state index < -0.39 is 0 Å². The molecule has 0 aliphatic heterocycles. The standard InChI is InChI=1S/C12H18ClFN2/c1-9(16(2)3)7-15-8-10-5-4-6-11(14)12(10)13/h4-6,9,15H,7-8H2,1-3H3. The minimum Gasteiger partial charge on any atom is -0.311 e. The number of likely N-dealkylation sites (N-methyl/N-ethyl adjacent to an activating group) is 1. The summed E-state index contributed by atoms with van der Waals surface area (Å²) in [6.45, 7) is 3.56. The number of hydrogen-bond donors (Lipinski definition) is 1. The van der Waals surface area contributed by atoms with Gasteiger partial charge in [0.05, 0.1) is 5.02 Å². The summed E-state index contributed by atoms with van der Waals surface area (Å²) in [6.07, 6.45) is 0. The fourth-order valence-electron chi connectivity index (χ4n) is 1.28. The Kier molecular flexibility index (Phi) is 5.19. The molecule has 1 aromatic carbocycles. The van der Waals surface area contributed by atoms with E-state index in [0.717, 1.165) is 12.1 Å². The van der Waals surface area contributed by atoms with Gasteiger partial charge in [-0.25, -0.2) is 4.39 Å². The van der Waals surface area contributed by atoms with Crippen LogP contribution < -0.4 is 5.32 Å². The summed E-state index contributed by atoms with van der Waals surface area (Å²) < 4.78 is 13.1. The Balaban J connectivity index is 2.46. The van der Waals surface area contributed by atoms with Crippen molar-refractivity contribution in [3.05, 3.63) is 34.6 Å². The normalized spacial score (nSPS) is 13.1. The summed E-state index contributed by atoms with van der Waals surface area (Å²) in [6, 6.07) is 5.31. The van der Waals surface area contributed by atoms with E-state index in [1.165, 1.54) is 6.07 Å². The minimum atomic E-state index is -0.360. The number of benzene rings is 1. The first-order chi connectivity index (χ1) is 7.52. The monoisotopic (exact) mass is 244 g/mol. The van der Waals surface area contributed by atoms with Crippen molar-refractivity contribution in [3.63, 3.8) is 0 Å². The van der Waals surface area contributed by atoms with Crippen LogP contribution in [0.15, 0.2) is 18.2 Å². The number of halogens is 2. The molecule has 0 heterocycles. The van der Waals surface area contributed by atoms with E-state index in [1.807, 2.05) is 20.2 Å². The summed E-state index contributed by atoms with van der Waals surface area (Å²) in [7, 11) is 4.06. The van der Waals surface area contributed by atoms with Gasteiger partial charge in [0.15, 0.2) is 0 Å². The molecule has 1 N–H and O–H groups in total. The molecule has 0 saturated carbocycles. The van der Waals surface area contributed by atoms with Gasteiger partial charge in [0.2, 0.25) is 0 Å². The average molecular weight is 245 g/mol. The zero-order valence-corrected chi connectivity index (χ0v) is 10.7. The highest BCUT2D eigenvalue weighted by Gasteiger charge is 2.07. The van der Waals surface area contributed by atoms with Gasteiger partial charge < -0.3 is 10.2 Å². The van der Waals surface area contributed by atoms with Crippen LogP contribution in [-0.4, -0.2) is 31.6 Å². The van der Waals surface area contributed by atoms with Crippen LogP contribution in [0.5, 0.6) is 0 Å². The molecule has 1 aromatic rings. The highest BCUT2D eigenvalue weighted by Crippen LogP contribution is 2.19. The van der Waals surface area contributed by atoms with Gasteiger partial charge in [-0.2, -0.15) is 0 Å². The Labute approximate surface area is 101 Å². The van der Waals surface area contributed by atoms with Gasteiger partial charge in [-0.1, -0.05) is 23.7 Å². The topological polar surface area (TPSA) is 15.3 Å². The second-order valence-corrected chi connectivity index (χ2v) is 4.53. The lowest BCUT2D eigenvalue weighted by molar-refractivity contribution is 0.302. The summed E-state index contributed by atoms with van der Waals surface area (Å²) in [5.41, 5.74) is 0.799. The minimum absolute atomic E-state index is 0.215. The van der Waals surface area contributed by atoms with Gasteiger partial charge in [-0.05, 0) is 32.6 Å². The van der Waals surface area contributed by atoms with Gasteiger partial charge in [0.25, 0.3) is 0 Å². The van der Waals surface area contributed by atoms with E-state index in [2.05, 4.69) is 17.1 Å². The molecule has 0 saturated heterocycles. The molecular formula is C12H18ClFN2. The molecule has 16 heavy (non-hydrogen) atoms. The first kappa shape index (κ1) is 13.4. The van der Waals surface area contributed by atoms with Crippen molar-refractivity contribution >= 4 is 11.6 Å². The molecule has 0 spiro atoms. The third kappa shape index (κ3) is 3.74. The van der Waals surface area contributed by atoms with Crippen LogP contribution in [0.1, 0.15) is 12.5 Å². The quantitative estimate of drug-likeness (QED) is 0.856. The number of rotatable bonds is 5. The molecule has 1 rings (SSSR count). The second-order valence-electron chi connectivity index (χ2n) is 4.16. The SMILES string of the molecule is CC(CNCc1cccc(F)c1Cl)N(C)C. The van der Waals surface area contributed by atoms with Crippen LogP contribution in [0.2, 0.25) is 5.02 Å². The zero-order chi connectivity index (χ0) is 12.1. The number of nitrogens with one attached hydrogen (secondary N) is 1. The van der Waals surface area contributed by atoms with Crippen molar-refractivity contribution in [3.8, 4) is 0 Å². The number of hydrogen-bond acceptors (Lipinski definition) is 2. The molecule has 0 radical (unpaired) electrons. The van der Waals surface area contributed by atoms with Crippen LogP contribution in [0.25, 0.3) is 0 Å². The first-order valence-corrected chi connectivity index (χ1v) is 5.70. The molecule has 0 aliphatic rings. The van der Waals surface area contributed by atoms with Crippen molar-refractivity contribution in [1.29, 1.82) is 0 Å². The van der Waals surface area contributed by atoms with E-state index in [1.54, 1.807) is 6.07 Å². The third-order valence-electron chi connectivity index (χ3n) is 2.67. The maximum Gasteiger partial charge on any atom is 0.142 e. The highest BCUT2D eigenvalue weighted by atomic mass is 35.5. The van der Waals surface area contributed by atoms with Crippen molar-refractivity contribution in [2.45, 2.75) is 19.5 Å². The fourth-order valence-corrected chi connectivity index (χ4v) is 1.48. The highest BCUT2D eigenvalue weighted by molar-refractivity contribution is 6.31. The maximum atomic E-state index is 13.1. The van der Waals surface area contributed by atoms with Crippen molar-refractivity contribution in [2.24, 2.45) is 0 Å². The van der Waals surface area contributed by atoms with E-state index >= 15 is 0 Å². The lowest BCUT2D eigenvalue weighted by Crippen LogP contribution is -2.35. The Morgan fingerprint density at radius 3 is 2.75 bits per heavy atom. The molecule has 0 aliphatic carbocycles. The molecule has 0 aromatic heterocycles. The van der Waals surface area contributed by atoms with Gasteiger partial charge >= 0.3 is 0 Å². The smallest absolute Gasteiger partial charge is 0.142 e. The zero-order valence-electron chi connectivity index (χ0n) is 9.93. The second kappa shape index (κ2) is 6.18. The van der Waals surface area contributed by atoms with Gasteiger partial charge in [-0.15, -0.1) is 0 Å². The summed E-state index contributed by atoms with van der Waals surface area (Å²) in [4.78, 5) is 2.13. The van der Waals surface area contributed by atoms with Crippen LogP contribution in [0.4, 0.5) is 4.39 Å². The van der Waals surface area contributed by atoms with E-state index in [4.69, 9.17) is 11.6 Å². The van der Waals surface area contributed by atoms with Crippen LogP contribution >= 0.6 is 11.6 Å². The van der Waals surface area contributed by atoms with Gasteiger partial charge in [0.1, 0.15) is 5.82 Å². The molecule has 90 valence electrons. The molecule has 0 bridgehead atoms. The van der Waals surface area contributed by atoms with Crippen LogP contribution in [0, 0.1) is 5.82 Å². The molecule has 1 unspecified atom stereocenters. The molecule has 4 heteroatoms.